The van der Waals surface area contributed by atoms with E-state index in [0.717, 1.165) is 11.8 Å². The molecule has 0 bridgehead atoms. The molecule has 128 valence electrons. The maximum absolute atomic E-state index is 13.1. The van der Waals surface area contributed by atoms with Crippen LogP contribution in [0.4, 0.5) is 36.2 Å². The van der Waals surface area contributed by atoms with Crippen molar-refractivity contribution < 1.29 is 13.2 Å². The van der Waals surface area contributed by atoms with Gasteiger partial charge in [0.2, 0.25) is 0 Å². The summed E-state index contributed by atoms with van der Waals surface area (Å²) in [6.45, 7) is 1.68. The van der Waals surface area contributed by atoms with Crippen LogP contribution < -0.4 is 10.6 Å². The van der Waals surface area contributed by atoms with Crippen LogP contribution in [-0.4, -0.2) is 9.97 Å². The van der Waals surface area contributed by atoms with Gasteiger partial charge in [0.15, 0.2) is 0 Å². The molecule has 0 aliphatic rings. The second-order valence-electron chi connectivity index (χ2n) is 5.35. The van der Waals surface area contributed by atoms with Crippen molar-refractivity contribution in [2.45, 2.75) is 13.1 Å². The van der Waals surface area contributed by atoms with E-state index < -0.39 is 11.7 Å². The van der Waals surface area contributed by atoms with Gasteiger partial charge in [-0.25, -0.2) is 9.97 Å². The third-order valence-corrected chi connectivity index (χ3v) is 3.38. The molecule has 3 rings (SSSR count). The zero-order valence-electron chi connectivity index (χ0n) is 13.3. The molecule has 0 saturated heterocycles. The van der Waals surface area contributed by atoms with Crippen LogP contribution in [0.25, 0.3) is 0 Å². The van der Waals surface area contributed by atoms with Crippen LogP contribution in [0.5, 0.6) is 0 Å². The van der Waals surface area contributed by atoms with Crippen molar-refractivity contribution in [3.63, 3.8) is 0 Å². The minimum absolute atomic E-state index is 0.0567. The van der Waals surface area contributed by atoms with E-state index >= 15 is 0 Å². The molecular formula is C18H15F3N4. The number of rotatable bonds is 4. The SMILES string of the molecule is Cc1nc(Nc2ccccc2)cc(Nc2ccccc2C(F)(F)F)n1. The number of alkyl halides is 3. The zero-order valence-corrected chi connectivity index (χ0v) is 13.3. The number of aryl methyl sites for hydroxylation is 1. The van der Waals surface area contributed by atoms with Crippen LogP contribution in [0.3, 0.4) is 0 Å². The molecule has 0 aliphatic heterocycles. The van der Waals surface area contributed by atoms with Crippen LogP contribution >= 0.6 is 0 Å². The average Bonchev–Trinajstić information content (AvgIpc) is 2.55. The van der Waals surface area contributed by atoms with Gasteiger partial charge in [-0.1, -0.05) is 30.3 Å². The highest BCUT2D eigenvalue weighted by molar-refractivity contribution is 5.65. The standard InChI is InChI=1S/C18H15F3N4/c1-12-22-16(24-13-7-3-2-4-8-13)11-17(23-12)25-15-10-6-5-9-14(15)18(19,20)21/h2-11H,1H3,(H2,22,23,24,25). The van der Waals surface area contributed by atoms with E-state index in [1.807, 2.05) is 30.3 Å². The Labute approximate surface area is 142 Å². The van der Waals surface area contributed by atoms with Gasteiger partial charge in [-0.3, -0.25) is 0 Å². The van der Waals surface area contributed by atoms with Crippen molar-refractivity contribution in [3.8, 4) is 0 Å². The van der Waals surface area contributed by atoms with Gasteiger partial charge in [-0.2, -0.15) is 13.2 Å². The van der Waals surface area contributed by atoms with Crippen molar-refractivity contribution in [2.24, 2.45) is 0 Å². The molecule has 1 heterocycles. The van der Waals surface area contributed by atoms with Crippen molar-refractivity contribution in [1.29, 1.82) is 0 Å². The average molecular weight is 344 g/mol. The van der Waals surface area contributed by atoms with E-state index in [0.29, 0.717) is 11.6 Å². The molecule has 1 aromatic heterocycles. The fourth-order valence-electron chi connectivity index (χ4n) is 2.34. The minimum atomic E-state index is -4.45. The number of para-hydroxylation sites is 2. The quantitative estimate of drug-likeness (QED) is 0.675. The monoisotopic (exact) mass is 344 g/mol. The summed E-state index contributed by atoms with van der Waals surface area (Å²) in [6.07, 6.45) is -4.45. The van der Waals surface area contributed by atoms with Gasteiger partial charge in [0.25, 0.3) is 0 Å². The fraction of sp³-hybridized carbons (Fsp3) is 0.111. The van der Waals surface area contributed by atoms with E-state index in [4.69, 9.17) is 0 Å². The van der Waals surface area contributed by atoms with E-state index in [2.05, 4.69) is 20.6 Å². The van der Waals surface area contributed by atoms with Gasteiger partial charge in [0.05, 0.1) is 11.3 Å². The third kappa shape index (κ3) is 4.26. The molecule has 0 fully saturated rings. The Morgan fingerprint density at radius 1 is 0.800 bits per heavy atom. The lowest BCUT2D eigenvalue weighted by Gasteiger charge is -2.15. The molecule has 4 nitrogen and oxygen atoms in total. The summed E-state index contributed by atoms with van der Waals surface area (Å²) < 4.78 is 39.3. The number of nitrogens with zero attached hydrogens (tertiary/aromatic N) is 2. The zero-order chi connectivity index (χ0) is 17.9. The molecule has 0 spiro atoms. The molecule has 2 N–H and O–H groups in total. The Balaban J connectivity index is 1.89. The topological polar surface area (TPSA) is 49.8 Å². The number of anilines is 4. The molecule has 7 heteroatoms. The molecular weight excluding hydrogens is 329 g/mol. The molecule has 0 radical (unpaired) electrons. The first-order valence-corrected chi connectivity index (χ1v) is 7.53. The third-order valence-electron chi connectivity index (χ3n) is 3.38. The summed E-state index contributed by atoms with van der Waals surface area (Å²) in [5, 5.41) is 5.84. The van der Waals surface area contributed by atoms with E-state index in [-0.39, 0.29) is 11.5 Å². The van der Waals surface area contributed by atoms with Crippen LogP contribution in [0.15, 0.2) is 60.7 Å². The van der Waals surface area contributed by atoms with Gasteiger partial charge in [-0.15, -0.1) is 0 Å². The van der Waals surface area contributed by atoms with Gasteiger partial charge in [-0.05, 0) is 31.2 Å². The van der Waals surface area contributed by atoms with Gasteiger partial charge in [0.1, 0.15) is 17.5 Å². The molecule has 25 heavy (non-hydrogen) atoms. The highest BCUT2D eigenvalue weighted by Crippen LogP contribution is 2.35. The Bertz CT molecular complexity index is 864. The summed E-state index contributed by atoms with van der Waals surface area (Å²) in [7, 11) is 0. The predicted molar refractivity (Wildman–Crippen MR) is 91.2 cm³/mol. The van der Waals surface area contributed by atoms with Crippen LogP contribution in [-0.2, 0) is 6.18 Å². The number of halogens is 3. The van der Waals surface area contributed by atoms with Crippen molar-refractivity contribution in [2.75, 3.05) is 10.6 Å². The van der Waals surface area contributed by atoms with Crippen LogP contribution in [0.1, 0.15) is 11.4 Å². The molecule has 0 atom stereocenters. The van der Waals surface area contributed by atoms with Crippen molar-refractivity contribution in [1.82, 2.24) is 9.97 Å². The fourth-order valence-corrected chi connectivity index (χ4v) is 2.34. The molecule has 2 aromatic carbocycles. The molecule has 0 aliphatic carbocycles. The number of aromatic nitrogens is 2. The van der Waals surface area contributed by atoms with Crippen molar-refractivity contribution >= 4 is 23.0 Å². The Kier molecular flexibility index (Phi) is 4.56. The van der Waals surface area contributed by atoms with Gasteiger partial charge >= 0.3 is 6.18 Å². The molecule has 0 unspecified atom stereocenters. The maximum Gasteiger partial charge on any atom is 0.418 e. The second-order valence-corrected chi connectivity index (χ2v) is 5.35. The minimum Gasteiger partial charge on any atom is -0.340 e. The Morgan fingerprint density at radius 2 is 1.40 bits per heavy atom. The summed E-state index contributed by atoms with van der Waals surface area (Å²) in [5.41, 5.74) is 0.0184. The van der Waals surface area contributed by atoms with Crippen molar-refractivity contribution in [3.05, 3.63) is 72.1 Å². The summed E-state index contributed by atoms with van der Waals surface area (Å²) >= 11 is 0. The molecule has 0 amide bonds. The van der Waals surface area contributed by atoms with Gasteiger partial charge < -0.3 is 10.6 Å². The number of hydrogen-bond acceptors (Lipinski definition) is 4. The van der Waals surface area contributed by atoms with Gasteiger partial charge in [0, 0.05) is 11.8 Å². The lowest BCUT2D eigenvalue weighted by molar-refractivity contribution is -0.136. The van der Waals surface area contributed by atoms with E-state index in [1.54, 1.807) is 13.0 Å². The lowest BCUT2D eigenvalue weighted by atomic mass is 10.1. The summed E-state index contributed by atoms with van der Waals surface area (Å²) in [4.78, 5) is 8.42. The number of nitrogens with one attached hydrogen (secondary N) is 2. The van der Waals surface area contributed by atoms with E-state index in [1.165, 1.54) is 18.2 Å². The normalized spacial score (nSPS) is 11.2. The first-order valence-electron chi connectivity index (χ1n) is 7.53. The summed E-state index contributed by atoms with van der Waals surface area (Å²) in [5.74, 6) is 1.21. The highest BCUT2D eigenvalue weighted by atomic mass is 19.4. The predicted octanol–water partition coefficient (Wildman–Crippen LogP) is 5.29. The van der Waals surface area contributed by atoms with Crippen LogP contribution in [0, 0.1) is 6.92 Å². The Morgan fingerprint density at radius 3 is 2.08 bits per heavy atom. The molecule has 0 saturated carbocycles. The highest BCUT2D eigenvalue weighted by Gasteiger charge is 2.33. The summed E-state index contributed by atoms with van der Waals surface area (Å²) in [6, 6.07) is 16.2. The Hall–Kier alpha value is -3.09. The lowest BCUT2D eigenvalue weighted by Crippen LogP contribution is -2.09. The first kappa shape index (κ1) is 16.8. The number of hydrogen-bond donors (Lipinski definition) is 2. The van der Waals surface area contributed by atoms with E-state index in [9.17, 15) is 13.2 Å². The smallest absolute Gasteiger partial charge is 0.340 e. The van der Waals surface area contributed by atoms with Crippen LogP contribution in [0.2, 0.25) is 0 Å². The number of benzene rings is 2. The molecule has 3 aromatic rings. The largest absolute Gasteiger partial charge is 0.418 e. The maximum atomic E-state index is 13.1. The first-order chi connectivity index (χ1) is 11.9. The second kappa shape index (κ2) is 6.80.